The molecule has 4 rings (SSSR count). The van der Waals surface area contributed by atoms with Crippen LogP contribution in [0.25, 0.3) is 11.0 Å². The van der Waals surface area contributed by atoms with E-state index >= 15 is 0 Å². The number of fused-ring (bicyclic) bond motifs is 1. The lowest BCUT2D eigenvalue weighted by atomic mass is 9.86. The number of H-pyrrole nitrogens is 2. The number of para-hydroxylation sites is 1. The number of nitrogens with one attached hydrogen (secondary N) is 3. The normalized spacial score (nSPS) is 13.0. The minimum atomic E-state index is -0.714. The summed E-state index contributed by atoms with van der Waals surface area (Å²) < 4.78 is 16.4. The number of aliphatic hydroxyl groups is 1. The van der Waals surface area contributed by atoms with Gasteiger partial charge >= 0.3 is 5.69 Å². The number of benzene rings is 3. The number of imidazole rings is 1. The van der Waals surface area contributed by atoms with Gasteiger partial charge in [-0.2, -0.15) is 0 Å². The van der Waals surface area contributed by atoms with Crippen molar-refractivity contribution in [1.82, 2.24) is 15.3 Å². The Labute approximate surface area is 210 Å². The number of ether oxygens (including phenoxy) is 3. The third-order valence-corrected chi connectivity index (χ3v) is 6.27. The lowest BCUT2D eigenvalue weighted by Gasteiger charge is -2.24. The topological polar surface area (TPSA) is 109 Å². The molecule has 0 amide bonds. The van der Waals surface area contributed by atoms with Crippen LogP contribution in [-0.4, -0.2) is 54.6 Å². The fourth-order valence-electron chi connectivity index (χ4n) is 4.31. The van der Waals surface area contributed by atoms with E-state index in [2.05, 4.69) is 46.5 Å². The van der Waals surface area contributed by atoms with Gasteiger partial charge in [-0.3, -0.25) is 0 Å². The summed E-state index contributed by atoms with van der Waals surface area (Å²) in [5, 5.41) is 14.0. The third kappa shape index (κ3) is 6.27. The molecular weight excluding hydrogens is 458 g/mol. The highest BCUT2D eigenvalue weighted by atomic mass is 16.5. The van der Waals surface area contributed by atoms with Crippen LogP contribution in [0, 0.1) is 0 Å². The van der Waals surface area contributed by atoms with Crippen molar-refractivity contribution >= 4 is 11.0 Å². The van der Waals surface area contributed by atoms with Gasteiger partial charge in [-0.1, -0.05) is 30.3 Å². The first-order valence-corrected chi connectivity index (χ1v) is 12.0. The third-order valence-electron chi connectivity index (χ3n) is 6.27. The molecule has 3 aromatic carbocycles. The van der Waals surface area contributed by atoms with Crippen molar-refractivity contribution < 1.29 is 19.3 Å². The molecule has 36 heavy (non-hydrogen) atoms. The summed E-state index contributed by atoms with van der Waals surface area (Å²) in [5.41, 5.74) is 3.35. The van der Waals surface area contributed by atoms with Crippen LogP contribution >= 0.6 is 0 Å². The van der Waals surface area contributed by atoms with Crippen LogP contribution in [0.2, 0.25) is 0 Å². The zero-order valence-electron chi connectivity index (χ0n) is 20.8. The van der Waals surface area contributed by atoms with Crippen molar-refractivity contribution in [2.24, 2.45) is 0 Å². The molecule has 0 aliphatic heterocycles. The first-order chi connectivity index (χ1) is 17.5. The van der Waals surface area contributed by atoms with E-state index in [1.807, 2.05) is 24.3 Å². The Morgan fingerprint density at radius 3 is 2.08 bits per heavy atom. The van der Waals surface area contributed by atoms with Gasteiger partial charge in [-0.25, -0.2) is 4.79 Å². The molecule has 190 valence electrons. The second kappa shape index (κ2) is 11.8. The predicted molar refractivity (Wildman–Crippen MR) is 140 cm³/mol. The lowest BCUT2D eigenvalue weighted by molar-refractivity contribution is 0.104. The van der Waals surface area contributed by atoms with Crippen molar-refractivity contribution in [3.05, 3.63) is 88.3 Å². The van der Waals surface area contributed by atoms with E-state index < -0.39 is 6.10 Å². The van der Waals surface area contributed by atoms with Crippen LogP contribution in [-0.2, 0) is 0 Å². The number of methoxy groups -OCH3 is 2. The highest BCUT2D eigenvalue weighted by molar-refractivity contribution is 5.81. The molecule has 8 nitrogen and oxygen atoms in total. The molecular formula is C28H33N3O5. The Balaban J connectivity index is 1.37. The van der Waals surface area contributed by atoms with Crippen LogP contribution < -0.4 is 25.2 Å². The number of rotatable bonds is 12. The number of aliphatic hydroxyl groups excluding tert-OH is 1. The molecule has 0 fully saturated rings. The Hall–Kier alpha value is -3.75. The van der Waals surface area contributed by atoms with E-state index in [1.165, 1.54) is 11.1 Å². The van der Waals surface area contributed by atoms with Crippen LogP contribution in [0.4, 0.5) is 0 Å². The molecule has 0 spiro atoms. The number of aromatic nitrogens is 2. The molecule has 0 aliphatic carbocycles. The maximum atomic E-state index is 11.6. The second-order valence-corrected chi connectivity index (χ2v) is 8.87. The molecule has 4 aromatic rings. The summed E-state index contributed by atoms with van der Waals surface area (Å²) in [4.78, 5) is 17.0. The quantitative estimate of drug-likeness (QED) is 0.240. The molecule has 0 saturated heterocycles. The highest BCUT2D eigenvalue weighted by Crippen LogP contribution is 2.31. The molecule has 0 radical (unpaired) electrons. The standard InChI is InChI=1S/C28H33N3O5/c1-18(29-16-21(32)17-36-26-6-4-5-25-27(26)31-28(33)30-25)15-24(19-7-11-22(34-2)12-8-19)20-9-13-23(35-3)14-10-20/h4-14,18,21,24,29,32H,15-17H2,1-3H3,(H2,30,31,33). The van der Waals surface area contributed by atoms with Gasteiger partial charge in [0.25, 0.3) is 0 Å². The fraction of sp³-hybridized carbons (Fsp3) is 0.321. The van der Waals surface area contributed by atoms with E-state index in [0.717, 1.165) is 17.9 Å². The SMILES string of the molecule is COc1ccc(C(CC(C)NCC(O)COc2cccc3[nH]c(=O)[nH]c23)c2ccc(OC)cc2)cc1. The molecule has 8 heteroatoms. The molecule has 1 heterocycles. The highest BCUT2D eigenvalue weighted by Gasteiger charge is 2.19. The maximum absolute atomic E-state index is 11.6. The summed E-state index contributed by atoms with van der Waals surface area (Å²) in [5.74, 6) is 2.32. The lowest BCUT2D eigenvalue weighted by Crippen LogP contribution is -2.37. The number of hydrogen-bond donors (Lipinski definition) is 4. The van der Waals surface area contributed by atoms with Crippen LogP contribution in [0.1, 0.15) is 30.4 Å². The van der Waals surface area contributed by atoms with Gasteiger partial charge in [-0.05, 0) is 60.9 Å². The monoisotopic (exact) mass is 491 g/mol. The minimum Gasteiger partial charge on any atom is -0.497 e. The molecule has 2 unspecified atom stereocenters. The molecule has 4 N–H and O–H groups in total. The first kappa shape index (κ1) is 25.3. The zero-order valence-corrected chi connectivity index (χ0v) is 20.8. The molecule has 1 aromatic heterocycles. The Bertz CT molecular complexity index is 1250. The number of hydrogen-bond acceptors (Lipinski definition) is 6. The predicted octanol–water partition coefficient (Wildman–Crippen LogP) is 3.81. The summed E-state index contributed by atoms with van der Waals surface area (Å²) >= 11 is 0. The fourth-order valence-corrected chi connectivity index (χ4v) is 4.31. The van der Waals surface area contributed by atoms with Gasteiger partial charge in [0.05, 0.1) is 19.7 Å². The summed E-state index contributed by atoms with van der Waals surface area (Å²) in [6, 6.07) is 21.8. The largest absolute Gasteiger partial charge is 0.497 e. The second-order valence-electron chi connectivity index (χ2n) is 8.87. The van der Waals surface area contributed by atoms with Crippen molar-refractivity contribution in [3.8, 4) is 17.2 Å². The van der Waals surface area contributed by atoms with Crippen molar-refractivity contribution in [1.29, 1.82) is 0 Å². The Kier molecular flexibility index (Phi) is 8.30. The summed E-state index contributed by atoms with van der Waals surface area (Å²) in [6.07, 6.45) is 0.115. The van der Waals surface area contributed by atoms with Crippen LogP contribution in [0.5, 0.6) is 17.2 Å². The summed E-state index contributed by atoms with van der Waals surface area (Å²) in [7, 11) is 3.32. The van der Waals surface area contributed by atoms with Gasteiger partial charge in [0, 0.05) is 18.5 Å². The smallest absolute Gasteiger partial charge is 0.323 e. The molecule has 0 aliphatic rings. The first-order valence-electron chi connectivity index (χ1n) is 12.0. The van der Waals surface area contributed by atoms with E-state index in [-0.39, 0.29) is 24.3 Å². The maximum Gasteiger partial charge on any atom is 0.323 e. The molecule has 0 saturated carbocycles. The Morgan fingerprint density at radius 2 is 1.50 bits per heavy atom. The van der Waals surface area contributed by atoms with Crippen molar-refractivity contribution in [2.45, 2.75) is 31.4 Å². The van der Waals surface area contributed by atoms with Gasteiger partial charge < -0.3 is 34.6 Å². The number of aromatic amines is 2. The summed E-state index contributed by atoms with van der Waals surface area (Å²) in [6.45, 7) is 2.59. The van der Waals surface area contributed by atoms with Gasteiger partial charge in [0.15, 0.2) is 0 Å². The van der Waals surface area contributed by atoms with Gasteiger partial charge in [0.2, 0.25) is 0 Å². The van der Waals surface area contributed by atoms with Crippen LogP contribution in [0.3, 0.4) is 0 Å². The zero-order chi connectivity index (χ0) is 25.5. The van der Waals surface area contributed by atoms with Crippen LogP contribution in [0.15, 0.2) is 71.5 Å². The van der Waals surface area contributed by atoms with E-state index in [9.17, 15) is 9.90 Å². The van der Waals surface area contributed by atoms with Gasteiger partial charge in [-0.15, -0.1) is 0 Å². The van der Waals surface area contributed by atoms with E-state index in [4.69, 9.17) is 14.2 Å². The molecule has 2 atom stereocenters. The average Bonchev–Trinajstić information content (AvgIpc) is 3.30. The van der Waals surface area contributed by atoms with Gasteiger partial charge in [0.1, 0.15) is 35.5 Å². The van der Waals surface area contributed by atoms with E-state index in [0.29, 0.717) is 23.3 Å². The average molecular weight is 492 g/mol. The van der Waals surface area contributed by atoms with E-state index in [1.54, 1.807) is 32.4 Å². The Morgan fingerprint density at radius 1 is 0.889 bits per heavy atom. The molecule has 0 bridgehead atoms. The minimum absolute atomic E-state index is 0.104. The van der Waals surface area contributed by atoms with Crippen molar-refractivity contribution in [2.75, 3.05) is 27.4 Å². The van der Waals surface area contributed by atoms with Crippen molar-refractivity contribution in [3.63, 3.8) is 0 Å².